The van der Waals surface area contributed by atoms with Gasteiger partial charge in [-0.15, -0.1) is 0 Å². The van der Waals surface area contributed by atoms with E-state index in [-0.39, 0.29) is 16.8 Å². The molecule has 2 heterocycles. The molecule has 1 saturated heterocycles. The molecule has 0 spiro atoms. The number of ether oxygens (including phenoxy) is 1. The summed E-state index contributed by atoms with van der Waals surface area (Å²) in [6.45, 7) is 1.78. The highest BCUT2D eigenvalue weighted by Gasteiger charge is 2.26. The SMILES string of the molecule is O=C(N[C@@H](Cn1nccn1)c1ccccc1)c1ccc(S(=O)(=O)N2CCOCC2)cc1. The topological polar surface area (TPSA) is 106 Å². The molecule has 9 nitrogen and oxygen atoms in total. The predicted molar refractivity (Wildman–Crippen MR) is 113 cm³/mol. The fourth-order valence-electron chi connectivity index (χ4n) is 3.38. The number of carbonyl (C=O) groups is 1. The Hall–Kier alpha value is -3.08. The molecule has 1 aromatic heterocycles. The van der Waals surface area contributed by atoms with Crippen LogP contribution < -0.4 is 5.32 Å². The summed E-state index contributed by atoms with van der Waals surface area (Å²) in [7, 11) is -3.60. The first-order valence-corrected chi connectivity index (χ1v) is 11.4. The monoisotopic (exact) mass is 441 g/mol. The Balaban J connectivity index is 1.50. The van der Waals surface area contributed by atoms with E-state index in [2.05, 4.69) is 15.5 Å². The summed E-state index contributed by atoms with van der Waals surface area (Å²) in [6, 6.07) is 15.2. The molecule has 1 N–H and O–H groups in total. The second-order valence-corrected chi connectivity index (χ2v) is 9.00. The van der Waals surface area contributed by atoms with Gasteiger partial charge in [0.25, 0.3) is 5.91 Å². The van der Waals surface area contributed by atoms with Gasteiger partial charge in [0.2, 0.25) is 10.0 Å². The van der Waals surface area contributed by atoms with Gasteiger partial charge in [0.15, 0.2) is 0 Å². The Labute approximate surface area is 180 Å². The second-order valence-electron chi connectivity index (χ2n) is 7.06. The molecule has 1 aliphatic heterocycles. The van der Waals surface area contributed by atoms with Crippen LogP contribution in [0.2, 0.25) is 0 Å². The van der Waals surface area contributed by atoms with E-state index in [1.165, 1.54) is 33.4 Å². The largest absolute Gasteiger partial charge is 0.379 e. The predicted octanol–water partition coefficient (Wildman–Crippen LogP) is 1.47. The van der Waals surface area contributed by atoms with Crippen LogP contribution in [0.25, 0.3) is 0 Å². The number of hydrogen-bond donors (Lipinski definition) is 1. The number of sulfonamides is 1. The van der Waals surface area contributed by atoms with E-state index in [0.717, 1.165) is 5.56 Å². The molecule has 0 bridgehead atoms. The Morgan fingerprint density at radius 3 is 2.29 bits per heavy atom. The molecule has 4 rings (SSSR count). The zero-order chi connectivity index (χ0) is 21.7. The first kappa shape index (κ1) is 21.2. The van der Waals surface area contributed by atoms with Gasteiger partial charge in [-0.25, -0.2) is 8.42 Å². The van der Waals surface area contributed by atoms with Gasteiger partial charge in [0.1, 0.15) is 0 Å². The maximum Gasteiger partial charge on any atom is 0.251 e. The lowest BCUT2D eigenvalue weighted by molar-refractivity contribution is 0.0730. The van der Waals surface area contributed by atoms with E-state index < -0.39 is 10.0 Å². The maximum atomic E-state index is 12.9. The van der Waals surface area contributed by atoms with Gasteiger partial charge in [0, 0.05) is 18.7 Å². The molecule has 10 heteroatoms. The molecule has 31 heavy (non-hydrogen) atoms. The normalized spacial score (nSPS) is 16.0. The van der Waals surface area contributed by atoms with Crippen LogP contribution in [-0.4, -0.2) is 59.9 Å². The van der Waals surface area contributed by atoms with E-state index in [4.69, 9.17) is 4.74 Å². The average Bonchev–Trinajstić information content (AvgIpc) is 3.33. The molecular formula is C21H23N5O4S. The van der Waals surface area contributed by atoms with Crippen LogP contribution in [0.4, 0.5) is 0 Å². The number of nitrogens with zero attached hydrogens (tertiary/aromatic N) is 4. The summed E-state index contributed by atoms with van der Waals surface area (Å²) in [5, 5.41) is 11.2. The van der Waals surface area contributed by atoms with Crippen molar-refractivity contribution in [2.45, 2.75) is 17.5 Å². The third-order valence-electron chi connectivity index (χ3n) is 5.04. The van der Waals surface area contributed by atoms with Crippen molar-refractivity contribution in [1.82, 2.24) is 24.6 Å². The van der Waals surface area contributed by atoms with Gasteiger partial charge >= 0.3 is 0 Å². The third kappa shape index (κ3) is 4.98. The van der Waals surface area contributed by atoms with Crippen molar-refractivity contribution in [3.63, 3.8) is 0 Å². The van der Waals surface area contributed by atoms with Crippen LogP contribution in [0, 0.1) is 0 Å². The Kier molecular flexibility index (Phi) is 6.40. The van der Waals surface area contributed by atoms with E-state index in [0.29, 0.717) is 38.4 Å². The molecule has 3 aromatic rings. The smallest absolute Gasteiger partial charge is 0.251 e. The summed E-state index contributed by atoms with van der Waals surface area (Å²) in [5.41, 5.74) is 1.29. The van der Waals surface area contributed by atoms with Crippen LogP contribution in [0.15, 0.2) is 71.9 Å². The standard InChI is InChI=1S/C21H23N5O4S/c27-21(24-20(16-26-22-10-11-23-26)17-4-2-1-3-5-17)18-6-8-19(9-7-18)31(28,29)25-12-14-30-15-13-25/h1-11,20H,12-16H2,(H,24,27)/t20-/m0/s1. The number of amides is 1. The molecule has 1 amide bonds. The van der Waals surface area contributed by atoms with Gasteiger partial charge in [-0.1, -0.05) is 30.3 Å². The molecule has 1 atom stereocenters. The fraction of sp³-hybridized carbons (Fsp3) is 0.286. The Bertz CT molecular complexity index is 1100. The first-order valence-electron chi connectivity index (χ1n) is 9.92. The van der Waals surface area contributed by atoms with Crippen molar-refractivity contribution in [3.8, 4) is 0 Å². The summed E-state index contributed by atoms with van der Waals surface area (Å²) >= 11 is 0. The molecular weight excluding hydrogens is 418 g/mol. The Morgan fingerprint density at radius 2 is 1.65 bits per heavy atom. The van der Waals surface area contributed by atoms with Crippen molar-refractivity contribution in [2.24, 2.45) is 0 Å². The van der Waals surface area contributed by atoms with Gasteiger partial charge < -0.3 is 10.1 Å². The lowest BCUT2D eigenvalue weighted by Gasteiger charge is -2.26. The minimum atomic E-state index is -3.60. The van der Waals surface area contributed by atoms with Crippen molar-refractivity contribution in [1.29, 1.82) is 0 Å². The van der Waals surface area contributed by atoms with Crippen molar-refractivity contribution >= 4 is 15.9 Å². The minimum absolute atomic E-state index is 0.159. The fourth-order valence-corrected chi connectivity index (χ4v) is 4.78. The van der Waals surface area contributed by atoms with Crippen LogP contribution in [0.3, 0.4) is 0 Å². The van der Waals surface area contributed by atoms with Crippen molar-refractivity contribution in [3.05, 3.63) is 78.1 Å². The second kappa shape index (κ2) is 9.38. The zero-order valence-electron chi connectivity index (χ0n) is 16.8. The molecule has 0 unspecified atom stereocenters. The Morgan fingerprint density at radius 1 is 1.00 bits per heavy atom. The first-order chi connectivity index (χ1) is 15.0. The highest BCUT2D eigenvalue weighted by molar-refractivity contribution is 7.89. The zero-order valence-corrected chi connectivity index (χ0v) is 17.6. The number of hydrogen-bond acceptors (Lipinski definition) is 6. The molecule has 1 aliphatic rings. The van der Waals surface area contributed by atoms with E-state index in [9.17, 15) is 13.2 Å². The maximum absolute atomic E-state index is 12.9. The van der Waals surface area contributed by atoms with E-state index in [1.807, 2.05) is 30.3 Å². The van der Waals surface area contributed by atoms with Crippen molar-refractivity contribution in [2.75, 3.05) is 26.3 Å². The number of benzene rings is 2. The van der Waals surface area contributed by atoms with Crippen LogP contribution in [-0.2, 0) is 21.3 Å². The summed E-state index contributed by atoms with van der Waals surface area (Å²) in [4.78, 5) is 14.6. The quantitative estimate of drug-likeness (QED) is 0.595. The van der Waals surface area contributed by atoms with Crippen molar-refractivity contribution < 1.29 is 17.9 Å². The molecule has 0 saturated carbocycles. The van der Waals surface area contributed by atoms with E-state index in [1.54, 1.807) is 12.4 Å². The molecule has 162 valence electrons. The van der Waals surface area contributed by atoms with Gasteiger partial charge in [-0.3, -0.25) is 4.79 Å². The number of nitrogens with one attached hydrogen (secondary N) is 1. The number of rotatable bonds is 7. The lowest BCUT2D eigenvalue weighted by atomic mass is 10.1. The molecule has 2 aromatic carbocycles. The van der Waals surface area contributed by atoms with Gasteiger partial charge in [0.05, 0.1) is 43.1 Å². The summed E-state index contributed by atoms with van der Waals surface area (Å²) in [5.74, 6) is -0.309. The van der Waals surface area contributed by atoms with E-state index >= 15 is 0 Å². The third-order valence-corrected chi connectivity index (χ3v) is 6.96. The van der Waals surface area contributed by atoms with Gasteiger partial charge in [-0.2, -0.15) is 19.3 Å². The number of aromatic nitrogens is 3. The summed E-state index contributed by atoms with van der Waals surface area (Å²) < 4.78 is 32.1. The number of morpholine rings is 1. The summed E-state index contributed by atoms with van der Waals surface area (Å²) in [6.07, 6.45) is 3.16. The highest BCUT2D eigenvalue weighted by atomic mass is 32.2. The minimum Gasteiger partial charge on any atom is -0.379 e. The highest BCUT2D eigenvalue weighted by Crippen LogP contribution is 2.19. The average molecular weight is 442 g/mol. The lowest BCUT2D eigenvalue weighted by Crippen LogP contribution is -2.40. The number of carbonyl (C=O) groups excluding carboxylic acids is 1. The van der Waals surface area contributed by atoms with Crippen LogP contribution in [0.1, 0.15) is 22.0 Å². The molecule has 1 fully saturated rings. The van der Waals surface area contributed by atoms with Crippen LogP contribution in [0.5, 0.6) is 0 Å². The van der Waals surface area contributed by atoms with Crippen LogP contribution >= 0.6 is 0 Å². The molecule has 0 radical (unpaired) electrons. The van der Waals surface area contributed by atoms with Gasteiger partial charge in [-0.05, 0) is 29.8 Å². The molecule has 0 aliphatic carbocycles.